The van der Waals surface area contributed by atoms with Crippen molar-refractivity contribution in [3.63, 3.8) is 0 Å². The van der Waals surface area contributed by atoms with Gasteiger partial charge in [0.1, 0.15) is 0 Å². The molecule has 0 atom stereocenters. The van der Waals surface area contributed by atoms with E-state index in [-0.39, 0.29) is 23.9 Å². The van der Waals surface area contributed by atoms with Crippen molar-refractivity contribution < 1.29 is 22.0 Å². The first-order chi connectivity index (χ1) is 12.7. The minimum atomic E-state index is -4.71. The Hall–Kier alpha value is -2.13. The third-order valence-corrected chi connectivity index (χ3v) is 4.79. The molecule has 0 bridgehead atoms. The summed E-state index contributed by atoms with van der Waals surface area (Å²) in [5, 5.41) is 4.17. The molecular formula is C17H14Cl2N2O5S. The topological polar surface area (TPSA) is 96.3 Å². The SMILES string of the molecule is Cc1ccc2c(c1)N(C(=O)c1ccc(Cl)cc1Cl)CC/C2=N\OS(=O)(=O)O. The van der Waals surface area contributed by atoms with Gasteiger partial charge < -0.3 is 4.90 Å². The lowest BCUT2D eigenvalue weighted by molar-refractivity contribution is 0.0987. The Morgan fingerprint density at radius 3 is 2.63 bits per heavy atom. The fourth-order valence-corrected chi connectivity index (χ4v) is 3.46. The summed E-state index contributed by atoms with van der Waals surface area (Å²) in [6, 6.07) is 9.90. The van der Waals surface area contributed by atoms with Crippen LogP contribution in [0.1, 0.15) is 27.9 Å². The Bertz CT molecular complexity index is 1050. The zero-order valence-electron chi connectivity index (χ0n) is 14.0. The van der Waals surface area contributed by atoms with Gasteiger partial charge in [-0.2, -0.15) is 8.42 Å². The molecule has 27 heavy (non-hydrogen) atoms. The summed E-state index contributed by atoms with van der Waals surface area (Å²) in [5.41, 5.74) is 2.55. The predicted molar refractivity (Wildman–Crippen MR) is 103 cm³/mol. The van der Waals surface area contributed by atoms with Crippen molar-refractivity contribution in [3.05, 3.63) is 63.1 Å². The first-order valence-corrected chi connectivity index (χ1v) is 9.88. The monoisotopic (exact) mass is 428 g/mol. The number of oxime groups is 1. The molecule has 1 amide bonds. The molecule has 0 radical (unpaired) electrons. The second kappa shape index (κ2) is 7.47. The van der Waals surface area contributed by atoms with Gasteiger partial charge in [0.2, 0.25) is 0 Å². The molecule has 0 unspecified atom stereocenters. The zero-order valence-corrected chi connectivity index (χ0v) is 16.3. The van der Waals surface area contributed by atoms with Crippen LogP contribution in [0.2, 0.25) is 10.0 Å². The maximum atomic E-state index is 13.0. The van der Waals surface area contributed by atoms with Crippen LogP contribution in [-0.4, -0.2) is 31.1 Å². The van der Waals surface area contributed by atoms with Crippen molar-refractivity contribution in [1.29, 1.82) is 0 Å². The van der Waals surface area contributed by atoms with E-state index < -0.39 is 10.4 Å². The van der Waals surface area contributed by atoms with Gasteiger partial charge in [-0.05, 0) is 36.8 Å². The molecule has 0 aliphatic carbocycles. The van der Waals surface area contributed by atoms with Crippen LogP contribution >= 0.6 is 23.2 Å². The van der Waals surface area contributed by atoms with Gasteiger partial charge in [-0.25, -0.2) is 4.28 Å². The number of hydrogen-bond acceptors (Lipinski definition) is 5. The molecule has 10 heteroatoms. The molecule has 2 aromatic carbocycles. The van der Waals surface area contributed by atoms with Crippen molar-refractivity contribution in [3.8, 4) is 0 Å². The Morgan fingerprint density at radius 2 is 1.96 bits per heavy atom. The summed E-state index contributed by atoms with van der Waals surface area (Å²) < 4.78 is 34.5. The highest BCUT2D eigenvalue weighted by Crippen LogP contribution is 2.32. The molecule has 0 spiro atoms. The highest BCUT2D eigenvalue weighted by Gasteiger charge is 2.29. The Kier molecular flexibility index (Phi) is 5.43. The molecule has 1 aliphatic rings. The summed E-state index contributed by atoms with van der Waals surface area (Å²) in [6.07, 6.45) is 0.225. The van der Waals surface area contributed by atoms with Crippen molar-refractivity contribution in [2.24, 2.45) is 5.16 Å². The highest BCUT2D eigenvalue weighted by atomic mass is 35.5. The average Bonchev–Trinajstić information content (AvgIpc) is 2.58. The van der Waals surface area contributed by atoms with Gasteiger partial charge in [-0.15, -0.1) is 0 Å². The number of carbonyl (C=O) groups is 1. The summed E-state index contributed by atoms with van der Waals surface area (Å²) in [5.74, 6) is -0.321. The van der Waals surface area contributed by atoms with Gasteiger partial charge in [-0.1, -0.05) is 40.5 Å². The summed E-state index contributed by atoms with van der Waals surface area (Å²) in [6.45, 7) is 2.08. The number of aryl methyl sites for hydroxylation is 1. The van der Waals surface area contributed by atoms with Crippen molar-refractivity contribution in [2.75, 3.05) is 11.4 Å². The maximum absolute atomic E-state index is 13.0. The number of hydrogen-bond donors (Lipinski definition) is 1. The molecule has 0 saturated heterocycles. The average molecular weight is 429 g/mol. The van der Waals surface area contributed by atoms with Crippen LogP contribution in [0, 0.1) is 6.92 Å². The fourth-order valence-electron chi connectivity index (χ4n) is 2.79. The van der Waals surface area contributed by atoms with Gasteiger partial charge in [0.15, 0.2) is 0 Å². The number of halogens is 2. The van der Waals surface area contributed by atoms with Crippen LogP contribution in [0.3, 0.4) is 0 Å². The molecule has 2 aromatic rings. The number of nitrogens with zero attached hydrogens (tertiary/aromatic N) is 2. The van der Waals surface area contributed by atoms with Crippen LogP contribution < -0.4 is 4.90 Å². The second-order valence-corrected chi connectivity index (χ2v) is 7.74. The highest BCUT2D eigenvalue weighted by molar-refractivity contribution is 7.80. The fraction of sp³-hybridized carbons (Fsp3) is 0.176. The third kappa shape index (κ3) is 4.41. The molecule has 7 nitrogen and oxygen atoms in total. The molecule has 3 rings (SSSR count). The van der Waals surface area contributed by atoms with Gasteiger partial charge in [0, 0.05) is 23.6 Å². The molecular weight excluding hydrogens is 415 g/mol. The van der Waals surface area contributed by atoms with E-state index in [0.29, 0.717) is 27.5 Å². The van der Waals surface area contributed by atoms with Crippen molar-refractivity contribution >= 4 is 50.9 Å². The summed E-state index contributed by atoms with van der Waals surface area (Å²) in [4.78, 5) is 14.6. The summed E-state index contributed by atoms with van der Waals surface area (Å²) in [7, 11) is -4.71. The van der Waals surface area contributed by atoms with Gasteiger partial charge in [-0.3, -0.25) is 9.35 Å². The van der Waals surface area contributed by atoms with E-state index in [1.807, 2.05) is 6.92 Å². The lowest BCUT2D eigenvalue weighted by atomic mass is 9.97. The lowest BCUT2D eigenvalue weighted by Crippen LogP contribution is -2.38. The van der Waals surface area contributed by atoms with Crippen molar-refractivity contribution in [1.82, 2.24) is 0 Å². The van der Waals surface area contributed by atoms with E-state index in [2.05, 4.69) is 9.44 Å². The van der Waals surface area contributed by atoms with Crippen molar-refractivity contribution in [2.45, 2.75) is 13.3 Å². The predicted octanol–water partition coefficient (Wildman–Crippen LogP) is 3.88. The smallest absolute Gasteiger partial charge is 0.307 e. The minimum absolute atomic E-state index is 0.224. The van der Waals surface area contributed by atoms with E-state index in [9.17, 15) is 13.2 Å². The Labute approximate surface area is 166 Å². The van der Waals surface area contributed by atoms with Crippen LogP contribution in [0.4, 0.5) is 5.69 Å². The normalized spacial score (nSPS) is 15.6. The molecule has 1 heterocycles. The largest absolute Gasteiger partial charge is 0.466 e. The van der Waals surface area contributed by atoms with E-state index in [0.717, 1.165) is 5.56 Å². The quantitative estimate of drug-likeness (QED) is 0.590. The number of amides is 1. The van der Waals surface area contributed by atoms with Crippen LogP contribution in [0.25, 0.3) is 0 Å². The number of fused-ring (bicyclic) bond motifs is 1. The molecule has 0 saturated carbocycles. The Balaban J connectivity index is 2.03. The maximum Gasteiger partial charge on any atom is 0.466 e. The van der Waals surface area contributed by atoms with Gasteiger partial charge >= 0.3 is 10.4 Å². The molecule has 0 fully saturated rings. The van der Waals surface area contributed by atoms with E-state index in [1.165, 1.54) is 11.0 Å². The molecule has 1 aliphatic heterocycles. The summed E-state index contributed by atoms with van der Waals surface area (Å²) >= 11 is 12.1. The first kappa shape index (κ1) is 19.6. The van der Waals surface area contributed by atoms with Gasteiger partial charge in [0.05, 0.1) is 22.0 Å². The number of rotatable bonds is 3. The zero-order chi connectivity index (χ0) is 19.8. The third-order valence-electron chi connectivity index (χ3n) is 3.98. The molecule has 142 valence electrons. The second-order valence-electron chi connectivity index (χ2n) is 5.89. The first-order valence-electron chi connectivity index (χ1n) is 7.76. The standard InChI is InChI=1S/C17H14Cl2N2O5S/c1-10-2-4-13-15(20-26-27(23,24)25)6-7-21(16(13)8-10)17(22)12-5-3-11(18)9-14(12)19/h2-5,8-9H,6-7H2,1H3,(H,23,24,25)/b20-15+. The van der Waals surface area contributed by atoms with Gasteiger partial charge in [0.25, 0.3) is 5.91 Å². The van der Waals surface area contributed by atoms with Crippen LogP contribution in [0.15, 0.2) is 41.6 Å². The number of anilines is 1. The van der Waals surface area contributed by atoms with E-state index in [4.69, 9.17) is 27.8 Å². The van der Waals surface area contributed by atoms with Crippen LogP contribution in [-0.2, 0) is 14.7 Å². The molecule has 1 N–H and O–H groups in total. The minimum Gasteiger partial charge on any atom is -0.307 e. The van der Waals surface area contributed by atoms with E-state index in [1.54, 1.807) is 30.3 Å². The Morgan fingerprint density at radius 1 is 1.22 bits per heavy atom. The molecule has 0 aromatic heterocycles. The van der Waals surface area contributed by atoms with Crippen LogP contribution in [0.5, 0.6) is 0 Å². The number of benzene rings is 2. The lowest BCUT2D eigenvalue weighted by Gasteiger charge is -2.30. The number of carbonyl (C=O) groups excluding carboxylic acids is 1. The van der Waals surface area contributed by atoms with E-state index >= 15 is 0 Å².